The molecule has 0 bridgehead atoms. The number of ketones is 1. The van der Waals surface area contributed by atoms with Crippen LogP contribution < -0.4 is 10.1 Å². The maximum Gasteiger partial charge on any atom is 0.223 e. The van der Waals surface area contributed by atoms with E-state index >= 15 is 0 Å². The van der Waals surface area contributed by atoms with Gasteiger partial charge in [-0.05, 0) is 44.7 Å². The first-order chi connectivity index (χ1) is 13.0. The molecule has 1 N–H and O–H groups in total. The number of hydrogen-bond donors (Lipinski definition) is 1. The van der Waals surface area contributed by atoms with E-state index in [1.807, 2.05) is 31.2 Å². The van der Waals surface area contributed by atoms with E-state index in [-0.39, 0.29) is 30.1 Å². The number of piperidine rings is 1. The highest BCUT2D eigenvalue weighted by atomic mass is 16.5. The Balaban J connectivity index is 1.59. The first-order valence-electron chi connectivity index (χ1n) is 9.70. The van der Waals surface area contributed by atoms with Crippen LogP contribution >= 0.6 is 0 Å². The number of Topliss-reactive ketones (excluding diaryl/α,β-unsaturated/α-hetero) is 1. The molecule has 0 saturated carbocycles. The summed E-state index contributed by atoms with van der Waals surface area (Å²) in [6, 6.07) is 7.95. The lowest BCUT2D eigenvalue weighted by Gasteiger charge is -2.32. The van der Waals surface area contributed by atoms with Gasteiger partial charge in [0.1, 0.15) is 11.5 Å². The van der Waals surface area contributed by atoms with E-state index in [0.29, 0.717) is 39.0 Å². The predicted molar refractivity (Wildman–Crippen MR) is 104 cm³/mol. The van der Waals surface area contributed by atoms with Gasteiger partial charge < -0.3 is 19.7 Å². The number of nitrogens with one attached hydrogen (secondary N) is 1. The van der Waals surface area contributed by atoms with Crippen LogP contribution in [0.15, 0.2) is 24.3 Å². The molecule has 0 radical (unpaired) electrons. The summed E-state index contributed by atoms with van der Waals surface area (Å²) in [6.07, 6.45) is 3.22. The summed E-state index contributed by atoms with van der Waals surface area (Å²) in [7, 11) is 0. The molecule has 1 heterocycles. The smallest absolute Gasteiger partial charge is 0.223 e. The molecule has 0 aliphatic carbocycles. The molecule has 1 saturated heterocycles. The van der Waals surface area contributed by atoms with Gasteiger partial charge in [-0.2, -0.15) is 0 Å². The predicted octanol–water partition coefficient (Wildman–Crippen LogP) is 2.63. The third-order valence-electron chi connectivity index (χ3n) is 4.80. The Morgan fingerprint density at radius 1 is 1.11 bits per heavy atom. The van der Waals surface area contributed by atoms with Crippen molar-refractivity contribution in [3.05, 3.63) is 29.8 Å². The minimum Gasteiger partial charge on any atom is -0.493 e. The Kier molecular flexibility index (Phi) is 8.30. The van der Waals surface area contributed by atoms with Gasteiger partial charge in [0.15, 0.2) is 0 Å². The van der Waals surface area contributed by atoms with E-state index in [1.54, 1.807) is 4.90 Å². The zero-order chi connectivity index (χ0) is 19.6. The van der Waals surface area contributed by atoms with Crippen molar-refractivity contribution in [1.29, 1.82) is 0 Å². The number of hydrogen-bond acceptors (Lipinski definition) is 4. The molecule has 0 aromatic heterocycles. The lowest BCUT2D eigenvalue weighted by Crippen LogP contribution is -2.46. The quantitative estimate of drug-likeness (QED) is 0.674. The molecule has 1 fully saturated rings. The summed E-state index contributed by atoms with van der Waals surface area (Å²) in [5, 5.41) is 3.05. The third-order valence-corrected chi connectivity index (χ3v) is 4.80. The molecule has 1 aliphatic heterocycles. The molecular formula is C21H30N2O4. The number of amides is 2. The van der Waals surface area contributed by atoms with Crippen LogP contribution in [0.25, 0.3) is 0 Å². The second-order valence-electron chi connectivity index (χ2n) is 7.14. The molecule has 6 nitrogen and oxygen atoms in total. The maximum absolute atomic E-state index is 12.1. The summed E-state index contributed by atoms with van der Waals surface area (Å²) in [5.74, 6) is 0.963. The van der Waals surface area contributed by atoms with E-state index in [0.717, 1.165) is 24.2 Å². The van der Waals surface area contributed by atoms with Crippen LogP contribution in [0.1, 0.15) is 51.0 Å². The molecule has 1 aromatic carbocycles. The Bertz CT molecular complexity index is 651. The van der Waals surface area contributed by atoms with Crippen LogP contribution in [0.5, 0.6) is 5.75 Å². The van der Waals surface area contributed by atoms with Gasteiger partial charge in [0.05, 0.1) is 6.61 Å². The zero-order valence-corrected chi connectivity index (χ0v) is 16.3. The maximum atomic E-state index is 12.1. The van der Waals surface area contributed by atoms with E-state index in [1.165, 1.54) is 6.92 Å². The van der Waals surface area contributed by atoms with Crippen molar-refractivity contribution < 1.29 is 19.1 Å². The van der Waals surface area contributed by atoms with Crippen LogP contribution in [0.2, 0.25) is 0 Å². The highest BCUT2D eigenvalue weighted by Crippen LogP contribution is 2.16. The second kappa shape index (κ2) is 10.7. The van der Waals surface area contributed by atoms with Crippen molar-refractivity contribution in [2.45, 2.75) is 58.4 Å². The van der Waals surface area contributed by atoms with Gasteiger partial charge in [0.25, 0.3) is 0 Å². The number of carbonyl (C=O) groups excluding carboxylic acids is 3. The van der Waals surface area contributed by atoms with Crippen LogP contribution in [0.4, 0.5) is 0 Å². The minimum absolute atomic E-state index is 0.0309. The van der Waals surface area contributed by atoms with E-state index in [4.69, 9.17) is 4.74 Å². The van der Waals surface area contributed by atoms with Crippen LogP contribution in [0, 0.1) is 6.92 Å². The fourth-order valence-corrected chi connectivity index (χ4v) is 3.15. The summed E-state index contributed by atoms with van der Waals surface area (Å²) in [5.41, 5.74) is 1.09. The van der Waals surface area contributed by atoms with Gasteiger partial charge in [-0.1, -0.05) is 18.2 Å². The van der Waals surface area contributed by atoms with Gasteiger partial charge >= 0.3 is 0 Å². The number of carbonyl (C=O) groups is 3. The van der Waals surface area contributed by atoms with Gasteiger partial charge in [-0.25, -0.2) is 0 Å². The third kappa shape index (κ3) is 7.41. The number of benzene rings is 1. The van der Waals surface area contributed by atoms with Crippen molar-refractivity contribution in [2.24, 2.45) is 0 Å². The summed E-state index contributed by atoms with van der Waals surface area (Å²) in [4.78, 5) is 36.9. The largest absolute Gasteiger partial charge is 0.493 e. The minimum atomic E-state index is 0.0309. The average Bonchev–Trinajstić information content (AvgIpc) is 2.65. The van der Waals surface area contributed by atoms with Crippen LogP contribution in [0.3, 0.4) is 0 Å². The van der Waals surface area contributed by atoms with Crippen molar-refractivity contribution in [1.82, 2.24) is 10.2 Å². The summed E-state index contributed by atoms with van der Waals surface area (Å²) >= 11 is 0. The monoisotopic (exact) mass is 374 g/mol. The first kappa shape index (κ1) is 20.9. The molecular weight excluding hydrogens is 344 g/mol. The molecule has 2 rings (SSSR count). The zero-order valence-electron chi connectivity index (χ0n) is 16.3. The van der Waals surface area contributed by atoms with Crippen molar-refractivity contribution in [3.8, 4) is 5.75 Å². The Hall–Kier alpha value is -2.37. The lowest BCUT2D eigenvalue weighted by atomic mass is 10.0. The SMILES string of the molecule is CC(=O)CCC(=O)N1CCC(NC(=O)CCCOc2ccccc2C)CC1. The van der Waals surface area contributed by atoms with Gasteiger partial charge in [-0.15, -0.1) is 0 Å². The number of para-hydroxylation sites is 1. The normalized spacial score (nSPS) is 14.7. The van der Waals surface area contributed by atoms with Crippen LogP contribution in [-0.4, -0.2) is 48.2 Å². The number of nitrogens with zero attached hydrogens (tertiary/aromatic N) is 1. The van der Waals surface area contributed by atoms with Crippen molar-refractivity contribution in [3.63, 3.8) is 0 Å². The Labute approximate surface area is 161 Å². The first-order valence-corrected chi connectivity index (χ1v) is 9.70. The molecule has 0 unspecified atom stereocenters. The van der Waals surface area contributed by atoms with Gasteiger partial charge in [0.2, 0.25) is 11.8 Å². The van der Waals surface area contributed by atoms with Gasteiger partial charge in [-0.3, -0.25) is 9.59 Å². The van der Waals surface area contributed by atoms with E-state index < -0.39 is 0 Å². The Morgan fingerprint density at radius 2 is 1.81 bits per heavy atom. The molecule has 0 atom stereocenters. The molecule has 27 heavy (non-hydrogen) atoms. The van der Waals surface area contributed by atoms with E-state index in [9.17, 15) is 14.4 Å². The topological polar surface area (TPSA) is 75.7 Å². The second-order valence-corrected chi connectivity index (χ2v) is 7.14. The van der Waals surface area contributed by atoms with E-state index in [2.05, 4.69) is 5.32 Å². The van der Waals surface area contributed by atoms with Crippen molar-refractivity contribution in [2.75, 3.05) is 19.7 Å². The number of ether oxygens (including phenoxy) is 1. The molecule has 0 spiro atoms. The standard InChI is InChI=1S/C21H30N2O4/c1-16-6-3-4-7-19(16)27-15-5-8-20(25)22-18-11-13-23(14-12-18)21(26)10-9-17(2)24/h3-4,6-7,18H,5,8-15H2,1-2H3,(H,22,25). The fraction of sp³-hybridized carbons (Fsp3) is 0.571. The number of likely N-dealkylation sites (tertiary alicyclic amines) is 1. The molecule has 148 valence electrons. The fourth-order valence-electron chi connectivity index (χ4n) is 3.15. The number of rotatable bonds is 9. The average molecular weight is 374 g/mol. The summed E-state index contributed by atoms with van der Waals surface area (Å²) < 4.78 is 5.71. The number of aryl methyl sites for hydroxylation is 1. The summed E-state index contributed by atoms with van der Waals surface area (Å²) in [6.45, 7) is 5.29. The lowest BCUT2D eigenvalue weighted by molar-refractivity contribution is -0.134. The van der Waals surface area contributed by atoms with Gasteiger partial charge in [0, 0.05) is 38.4 Å². The highest BCUT2D eigenvalue weighted by Gasteiger charge is 2.23. The van der Waals surface area contributed by atoms with Crippen LogP contribution in [-0.2, 0) is 14.4 Å². The Morgan fingerprint density at radius 3 is 2.48 bits per heavy atom. The molecule has 6 heteroatoms. The molecule has 2 amide bonds. The molecule has 1 aromatic rings. The molecule has 1 aliphatic rings. The van der Waals surface area contributed by atoms with Crippen molar-refractivity contribution >= 4 is 17.6 Å². The highest BCUT2D eigenvalue weighted by molar-refractivity contribution is 5.83.